The predicted octanol–water partition coefficient (Wildman–Crippen LogP) is 2.64. The third kappa shape index (κ3) is 7.37. The number of thiazole rings is 1. The Kier molecular flexibility index (Phi) is 8.35. The quantitative estimate of drug-likeness (QED) is 0.509. The fourth-order valence-electron chi connectivity index (χ4n) is 3.37. The number of nitrogens with one attached hydrogen (secondary N) is 3. The van der Waals surface area contributed by atoms with Crippen LogP contribution >= 0.6 is 11.3 Å². The number of carbonyl (C=O) groups is 2. The van der Waals surface area contributed by atoms with Gasteiger partial charge in [0.15, 0.2) is 5.13 Å². The Bertz CT molecular complexity index is 1030. The minimum Gasteiger partial charge on any atom is -0.326 e. The third-order valence-corrected chi connectivity index (χ3v) is 7.47. The lowest BCUT2D eigenvalue weighted by molar-refractivity contribution is -0.116. The summed E-state index contributed by atoms with van der Waals surface area (Å²) in [6.07, 6.45) is 2.38. The first-order chi connectivity index (χ1) is 15.2. The molecule has 0 spiro atoms. The van der Waals surface area contributed by atoms with E-state index in [1.165, 1.54) is 55.4 Å². The van der Waals surface area contributed by atoms with Crippen molar-refractivity contribution in [1.82, 2.24) is 14.6 Å². The number of hydrogen-bond acceptors (Lipinski definition) is 7. The maximum atomic E-state index is 12.4. The van der Waals surface area contributed by atoms with Crippen molar-refractivity contribution in [3.63, 3.8) is 0 Å². The summed E-state index contributed by atoms with van der Waals surface area (Å²) in [4.78, 5) is 30.1. The molecule has 174 valence electrons. The zero-order chi connectivity index (χ0) is 23.1. The first-order valence-electron chi connectivity index (χ1n) is 10.6. The van der Waals surface area contributed by atoms with Gasteiger partial charge in [-0.05, 0) is 56.1 Å². The number of carbonyl (C=O) groups excluding carboxylic acids is 2. The van der Waals surface area contributed by atoms with Crippen molar-refractivity contribution < 1.29 is 18.0 Å². The van der Waals surface area contributed by atoms with Gasteiger partial charge in [-0.3, -0.25) is 14.5 Å². The van der Waals surface area contributed by atoms with Gasteiger partial charge in [-0.25, -0.2) is 18.1 Å². The second-order valence-corrected chi connectivity index (χ2v) is 10.6. The molecule has 1 aromatic carbocycles. The summed E-state index contributed by atoms with van der Waals surface area (Å²) in [5, 5.41) is 7.77. The minimum absolute atomic E-state index is 0.0118. The standard InChI is InChI=1S/C21H29N5O4S2/c1-15-8-11-26(12-9-15)13-18-14-31-21(24-18)25-20(28)7-10-22-32(29,30)19-5-3-17(4-6-19)23-16(2)27/h3-6,14-15,22H,7-13H2,1-2H3,(H,23,27)(H,24,25,28). The molecule has 1 fully saturated rings. The number of piperidine rings is 1. The number of hydrogen-bond donors (Lipinski definition) is 3. The van der Waals surface area contributed by atoms with Gasteiger partial charge in [0.1, 0.15) is 0 Å². The summed E-state index contributed by atoms with van der Waals surface area (Å²) in [5.41, 5.74) is 1.44. The van der Waals surface area contributed by atoms with Crippen LogP contribution in [-0.4, -0.2) is 49.8 Å². The number of likely N-dealkylation sites (tertiary alicyclic amines) is 1. The average molecular weight is 480 g/mol. The van der Waals surface area contributed by atoms with Crippen LogP contribution < -0.4 is 15.4 Å². The van der Waals surface area contributed by atoms with Crippen LogP contribution in [0.4, 0.5) is 10.8 Å². The van der Waals surface area contributed by atoms with E-state index < -0.39 is 10.0 Å². The van der Waals surface area contributed by atoms with Gasteiger partial charge in [0.25, 0.3) is 0 Å². The first-order valence-corrected chi connectivity index (χ1v) is 12.9. The lowest BCUT2D eigenvalue weighted by Gasteiger charge is -2.29. The Labute approximate surface area is 192 Å². The largest absolute Gasteiger partial charge is 0.326 e. The summed E-state index contributed by atoms with van der Waals surface area (Å²) in [5.74, 6) is 0.233. The van der Waals surface area contributed by atoms with E-state index in [2.05, 4.69) is 32.2 Å². The van der Waals surface area contributed by atoms with E-state index in [0.29, 0.717) is 10.8 Å². The van der Waals surface area contributed by atoms with Gasteiger partial charge in [-0.2, -0.15) is 0 Å². The Balaban J connectivity index is 1.43. The molecule has 0 bridgehead atoms. The normalized spacial score (nSPS) is 15.4. The van der Waals surface area contributed by atoms with Crippen molar-refractivity contribution in [2.75, 3.05) is 30.3 Å². The number of nitrogens with zero attached hydrogens (tertiary/aromatic N) is 2. The van der Waals surface area contributed by atoms with Crippen LogP contribution in [-0.2, 0) is 26.2 Å². The monoisotopic (exact) mass is 479 g/mol. The van der Waals surface area contributed by atoms with Crippen molar-refractivity contribution in [3.8, 4) is 0 Å². The third-order valence-electron chi connectivity index (χ3n) is 5.19. The van der Waals surface area contributed by atoms with E-state index >= 15 is 0 Å². The molecule has 0 radical (unpaired) electrons. The number of rotatable bonds is 9. The molecule has 11 heteroatoms. The Hall–Kier alpha value is -2.34. The Morgan fingerprint density at radius 3 is 2.50 bits per heavy atom. The number of aromatic nitrogens is 1. The molecule has 2 aromatic rings. The van der Waals surface area contributed by atoms with Gasteiger partial charge >= 0.3 is 0 Å². The molecule has 0 aliphatic carbocycles. The van der Waals surface area contributed by atoms with Gasteiger partial charge in [-0.15, -0.1) is 11.3 Å². The van der Waals surface area contributed by atoms with E-state index in [1.807, 2.05) is 5.38 Å². The Morgan fingerprint density at radius 2 is 1.84 bits per heavy atom. The molecule has 1 aromatic heterocycles. The highest BCUT2D eigenvalue weighted by atomic mass is 32.2. The Morgan fingerprint density at radius 1 is 1.16 bits per heavy atom. The fraction of sp³-hybridized carbons (Fsp3) is 0.476. The van der Waals surface area contributed by atoms with Crippen LogP contribution in [0.2, 0.25) is 0 Å². The summed E-state index contributed by atoms with van der Waals surface area (Å²) < 4.78 is 27.2. The molecule has 1 saturated heterocycles. The molecule has 0 unspecified atom stereocenters. The smallest absolute Gasteiger partial charge is 0.240 e. The SMILES string of the molecule is CC(=O)Nc1ccc(S(=O)(=O)NCCC(=O)Nc2nc(CN3CCC(C)CC3)cs2)cc1. The highest BCUT2D eigenvalue weighted by Gasteiger charge is 2.18. The highest BCUT2D eigenvalue weighted by Crippen LogP contribution is 2.21. The topological polar surface area (TPSA) is 120 Å². The van der Waals surface area contributed by atoms with Crippen LogP contribution in [0, 0.1) is 5.92 Å². The molecule has 1 aliphatic heterocycles. The van der Waals surface area contributed by atoms with E-state index in [9.17, 15) is 18.0 Å². The molecule has 9 nitrogen and oxygen atoms in total. The van der Waals surface area contributed by atoms with Crippen molar-refractivity contribution in [2.45, 2.75) is 44.6 Å². The van der Waals surface area contributed by atoms with Crippen LogP contribution in [0.1, 0.15) is 38.8 Å². The first kappa shape index (κ1) is 24.3. The fourth-order valence-corrected chi connectivity index (χ4v) is 5.12. The summed E-state index contributed by atoms with van der Waals surface area (Å²) >= 11 is 1.37. The number of anilines is 2. The van der Waals surface area contributed by atoms with Crippen LogP contribution in [0.25, 0.3) is 0 Å². The molecule has 3 rings (SSSR count). The van der Waals surface area contributed by atoms with Gasteiger partial charge in [0, 0.05) is 37.5 Å². The van der Waals surface area contributed by atoms with Crippen LogP contribution in [0.3, 0.4) is 0 Å². The zero-order valence-electron chi connectivity index (χ0n) is 18.3. The molecule has 2 amide bonds. The highest BCUT2D eigenvalue weighted by molar-refractivity contribution is 7.89. The van der Waals surface area contributed by atoms with Crippen molar-refractivity contribution in [2.24, 2.45) is 5.92 Å². The molecule has 1 aliphatic rings. The lowest BCUT2D eigenvalue weighted by atomic mass is 9.99. The molecule has 0 saturated carbocycles. The molecule has 2 heterocycles. The van der Waals surface area contributed by atoms with E-state index in [1.54, 1.807) is 0 Å². The van der Waals surface area contributed by atoms with Crippen molar-refractivity contribution in [3.05, 3.63) is 35.3 Å². The van der Waals surface area contributed by atoms with Crippen LogP contribution in [0.15, 0.2) is 34.5 Å². The average Bonchev–Trinajstić information content (AvgIpc) is 3.16. The number of amides is 2. The van der Waals surface area contributed by atoms with E-state index in [0.717, 1.165) is 31.2 Å². The van der Waals surface area contributed by atoms with Gasteiger partial charge in [0.05, 0.1) is 10.6 Å². The predicted molar refractivity (Wildman–Crippen MR) is 125 cm³/mol. The van der Waals surface area contributed by atoms with E-state index in [-0.39, 0.29) is 29.7 Å². The van der Waals surface area contributed by atoms with Gasteiger partial charge in [0.2, 0.25) is 21.8 Å². The summed E-state index contributed by atoms with van der Waals surface area (Å²) in [7, 11) is -3.75. The maximum absolute atomic E-state index is 12.4. The summed E-state index contributed by atoms with van der Waals surface area (Å²) in [6, 6.07) is 5.81. The zero-order valence-corrected chi connectivity index (χ0v) is 19.9. The van der Waals surface area contributed by atoms with Gasteiger partial charge < -0.3 is 10.6 Å². The van der Waals surface area contributed by atoms with E-state index in [4.69, 9.17) is 0 Å². The second kappa shape index (κ2) is 11.0. The molecule has 0 atom stereocenters. The molecule has 32 heavy (non-hydrogen) atoms. The summed E-state index contributed by atoms with van der Waals surface area (Å²) in [6.45, 7) is 6.52. The maximum Gasteiger partial charge on any atom is 0.240 e. The van der Waals surface area contributed by atoms with Crippen molar-refractivity contribution >= 4 is 44.0 Å². The van der Waals surface area contributed by atoms with Crippen molar-refractivity contribution in [1.29, 1.82) is 0 Å². The minimum atomic E-state index is -3.75. The molecular formula is C21H29N5O4S2. The van der Waals surface area contributed by atoms with Crippen LogP contribution in [0.5, 0.6) is 0 Å². The molecule has 3 N–H and O–H groups in total. The van der Waals surface area contributed by atoms with Gasteiger partial charge in [-0.1, -0.05) is 6.92 Å². The lowest BCUT2D eigenvalue weighted by Crippen LogP contribution is -2.32. The molecular weight excluding hydrogens is 450 g/mol. The second-order valence-electron chi connectivity index (χ2n) is 8.00. The number of benzene rings is 1. The number of sulfonamides is 1.